The van der Waals surface area contributed by atoms with Gasteiger partial charge in [0.25, 0.3) is 5.91 Å². The zero-order chi connectivity index (χ0) is 11.4. The Morgan fingerprint density at radius 2 is 2.19 bits per heavy atom. The summed E-state index contributed by atoms with van der Waals surface area (Å²) in [5.41, 5.74) is 5.68. The van der Waals surface area contributed by atoms with Crippen LogP contribution < -0.4 is 15.8 Å². The van der Waals surface area contributed by atoms with Gasteiger partial charge in [0, 0.05) is 12.6 Å². The van der Waals surface area contributed by atoms with E-state index in [2.05, 4.69) is 5.32 Å². The van der Waals surface area contributed by atoms with Gasteiger partial charge < -0.3 is 15.8 Å². The minimum Gasteiger partial charge on any atom is -0.491 e. The molecule has 16 heavy (non-hydrogen) atoms. The standard InChI is InChI=1S/C12H16N2O2/c13-12(15)10-3-1-2-4-11(10)16-8-7-14-9-5-6-9/h1-4,9,14H,5-8H2,(H2,13,15). The molecule has 1 aromatic rings. The van der Waals surface area contributed by atoms with E-state index in [1.54, 1.807) is 18.2 Å². The summed E-state index contributed by atoms with van der Waals surface area (Å²) < 4.78 is 5.51. The molecule has 1 fully saturated rings. The topological polar surface area (TPSA) is 64.4 Å². The van der Waals surface area contributed by atoms with Gasteiger partial charge in [-0.3, -0.25) is 4.79 Å². The molecule has 2 rings (SSSR count). The number of nitrogens with one attached hydrogen (secondary N) is 1. The summed E-state index contributed by atoms with van der Waals surface area (Å²) >= 11 is 0. The summed E-state index contributed by atoms with van der Waals surface area (Å²) in [6.45, 7) is 1.36. The maximum atomic E-state index is 11.1. The molecule has 86 valence electrons. The molecule has 1 aromatic carbocycles. The Hall–Kier alpha value is -1.55. The smallest absolute Gasteiger partial charge is 0.252 e. The van der Waals surface area contributed by atoms with Gasteiger partial charge >= 0.3 is 0 Å². The fourth-order valence-electron chi connectivity index (χ4n) is 1.51. The number of benzene rings is 1. The number of ether oxygens (including phenoxy) is 1. The third kappa shape index (κ3) is 2.97. The summed E-state index contributed by atoms with van der Waals surface area (Å²) in [6.07, 6.45) is 2.52. The minimum absolute atomic E-state index is 0.439. The number of nitrogens with two attached hydrogens (primary N) is 1. The molecular weight excluding hydrogens is 204 g/mol. The molecular formula is C12H16N2O2. The van der Waals surface area contributed by atoms with Crippen molar-refractivity contribution in [3.63, 3.8) is 0 Å². The third-order valence-corrected chi connectivity index (χ3v) is 2.52. The summed E-state index contributed by atoms with van der Waals surface area (Å²) in [5, 5.41) is 3.33. The number of rotatable bonds is 6. The molecule has 1 saturated carbocycles. The van der Waals surface area contributed by atoms with Crippen LogP contribution in [0.25, 0.3) is 0 Å². The summed E-state index contributed by atoms with van der Waals surface area (Å²) in [4.78, 5) is 11.1. The first-order chi connectivity index (χ1) is 7.77. The maximum Gasteiger partial charge on any atom is 0.252 e. The molecule has 0 spiro atoms. The summed E-state index contributed by atoms with van der Waals surface area (Å²) in [7, 11) is 0. The lowest BCUT2D eigenvalue weighted by atomic mass is 10.2. The zero-order valence-electron chi connectivity index (χ0n) is 9.11. The highest BCUT2D eigenvalue weighted by Crippen LogP contribution is 2.19. The molecule has 0 aromatic heterocycles. The third-order valence-electron chi connectivity index (χ3n) is 2.52. The Bertz CT molecular complexity index is 375. The first-order valence-corrected chi connectivity index (χ1v) is 5.52. The van der Waals surface area contributed by atoms with Crippen molar-refractivity contribution in [1.82, 2.24) is 5.32 Å². The van der Waals surface area contributed by atoms with Crippen LogP contribution in [-0.4, -0.2) is 25.1 Å². The van der Waals surface area contributed by atoms with Gasteiger partial charge in [-0.2, -0.15) is 0 Å². The fraction of sp³-hybridized carbons (Fsp3) is 0.417. The molecule has 0 unspecified atom stereocenters. The second-order valence-corrected chi connectivity index (χ2v) is 3.94. The van der Waals surface area contributed by atoms with E-state index in [0.29, 0.717) is 24.0 Å². The van der Waals surface area contributed by atoms with E-state index in [9.17, 15) is 4.79 Å². The number of carbonyl (C=O) groups is 1. The first-order valence-electron chi connectivity index (χ1n) is 5.52. The maximum absolute atomic E-state index is 11.1. The fourth-order valence-corrected chi connectivity index (χ4v) is 1.51. The second-order valence-electron chi connectivity index (χ2n) is 3.94. The van der Waals surface area contributed by atoms with E-state index in [4.69, 9.17) is 10.5 Å². The van der Waals surface area contributed by atoms with Crippen molar-refractivity contribution >= 4 is 5.91 Å². The lowest BCUT2D eigenvalue weighted by Crippen LogP contribution is -2.23. The SMILES string of the molecule is NC(=O)c1ccccc1OCCNC1CC1. The van der Waals surface area contributed by atoms with E-state index >= 15 is 0 Å². The molecule has 0 saturated heterocycles. The van der Waals surface area contributed by atoms with Crippen molar-refractivity contribution in [2.75, 3.05) is 13.2 Å². The monoisotopic (exact) mass is 220 g/mol. The molecule has 1 aliphatic carbocycles. The van der Waals surface area contributed by atoms with Gasteiger partial charge in [0.1, 0.15) is 12.4 Å². The average molecular weight is 220 g/mol. The predicted octanol–water partition coefficient (Wildman–Crippen LogP) is 0.916. The highest BCUT2D eigenvalue weighted by atomic mass is 16.5. The van der Waals surface area contributed by atoms with Crippen molar-refractivity contribution < 1.29 is 9.53 Å². The van der Waals surface area contributed by atoms with Crippen molar-refractivity contribution in [2.45, 2.75) is 18.9 Å². The summed E-state index contributed by atoms with van der Waals surface area (Å²) in [5.74, 6) is 0.110. The Kier molecular flexibility index (Phi) is 3.41. The van der Waals surface area contributed by atoms with Gasteiger partial charge in [-0.15, -0.1) is 0 Å². The molecule has 4 nitrogen and oxygen atoms in total. The number of amides is 1. The Morgan fingerprint density at radius 1 is 1.44 bits per heavy atom. The van der Waals surface area contributed by atoms with Crippen LogP contribution in [0.3, 0.4) is 0 Å². The van der Waals surface area contributed by atoms with Crippen LogP contribution in [0.4, 0.5) is 0 Å². The predicted molar refractivity (Wildman–Crippen MR) is 61.5 cm³/mol. The van der Waals surface area contributed by atoms with Crippen LogP contribution in [0, 0.1) is 0 Å². The van der Waals surface area contributed by atoms with Crippen LogP contribution in [-0.2, 0) is 0 Å². The lowest BCUT2D eigenvalue weighted by Gasteiger charge is -2.09. The van der Waals surface area contributed by atoms with E-state index in [1.165, 1.54) is 12.8 Å². The quantitative estimate of drug-likeness (QED) is 0.700. The molecule has 0 atom stereocenters. The first kappa shape index (κ1) is 11.0. The molecule has 0 aliphatic heterocycles. The van der Waals surface area contributed by atoms with Gasteiger partial charge in [0.05, 0.1) is 5.56 Å². The van der Waals surface area contributed by atoms with E-state index in [-0.39, 0.29) is 0 Å². The number of hydrogen-bond donors (Lipinski definition) is 2. The van der Waals surface area contributed by atoms with E-state index in [0.717, 1.165) is 6.54 Å². The van der Waals surface area contributed by atoms with Crippen LogP contribution in [0.1, 0.15) is 23.2 Å². The zero-order valence-corrected chi connectivity index (χ0v) is 9.11. The number of para-hydroxylation sites is 1. The Labute approximate surface area is 94.8 Å². The minimum atomic E-state index is -0.453. The normalized spacial score (nSPS) is 14.8. The van der Waals surface area contributed by atoms with Crippen LogP contribution in [0.2, 0.25) is 0 Å². The molecule has 4 heteroatoms. The number of carbonyl (C=O) groups excluding carboxylic acids is 1. The van der Waals surface area contributed by atoms with E-state index < -0.39 is 5.91 Å². The van der Waals surface area contributed by atoms with E-state index in [1.807, 2.05) is 6.07 Å². The highest BCUT2D eigenvalue weighted by molar-refractivity contribution is 5.95. The molecule has 1 aliphatic rings. The summed E-state index contributed by atoms with van der Waals surface area (Å²) in [6, 6.07) is 7.71. The second kappa shape index (κ2) is 4.99. The van der Waals surface area contributed by atoms with Gasteiger partial charge in [0.15, 0.2) is 0 Å². The molecule has 1 amide bonds. The number of hydrogen-bond acceptors (Lipinski definition) is 3. The van der Waals surface area contributed by atoms with Crippen molar-refractivity contribution in [3.05, 3.63) is 29.8 Å². The molecule has 0 heterocycles. The highest BCUT2D eigenvalue weighted by Gasteiger charge is 2.19. The molecule has 0 radical (unpaired) electrons. The lowest BCUT2D eigenvalue weighted by molar-refractivity contribution is 0.0996. The largest absolute Gasteiger partial charge is 0.491 e. The van der Waals surface area contributed by atoms with Crippen LogP contribution >= 0.6 is 0 Å². The van der Waals surface area contributed by atoms with Crippen molar-refractivity contribution in [1.29, 1.82) is 0 Å². The molecule has 0 bridgehead atoms. The van der Waals surface area contributed by atoms with Crippen molar-refractivity contribution in [2.24, 2.45) is 5.73 Å². The van der Waals surface area contributed by atoms with Crippen LogP contribution in [0.5, 0.6) is 5.75 Å². The Balaban J connectivity index is 1.84. The van der Waals surface area contributed by atoms with Gasteiger partial charge in [-0.25, -0.2) is 0 Å². The van der Waals surface area contributed by atoms with Crippen molar-refractivity contribution in [3.8, 4) is 5.75 Å². The van der Waals surface area contributed by atoms with Crippen LogP contribution in [0.15, 0.2) is 24.3 Å². The van der Waals surface area contributed by atoms with Gasteiger partial charge in [0.2, 0.25) is 0 Å². The van der Waals surface area contributed by atoms with Gasteiger partial charge in [-0.1, -0.05) is 12.1 Å². The number of primary amides is 1. The van der Waals surface area contributed by atoms with Gasteiger partial charge in [-0.05, 0) is 25.0 Å². The molecule has 3 N–H and O–H groups in total. The Morgan fingerprint density at radius 3 is 2.88 bits per heavy atom. The average Bonchev–Trinajstić information content (AvgIpc) is 3.08.